The molecule has 198 valence electrons. The quantitative estimate of drug-likeness (QED) is 0.125. The van der Waals surface area contributed by atoms with Gasteiger partial charge in [-0.2, -0.15) is 0 Å². The highest BCUT2D eigenvalue weighted by atomic mass is 16.5. The second kappa shape index (κ2) is 17.1. The van der Waals surface area contributed by atoms with Gasteiger partial charge >= 0.3 is 5.97 Å². The Morgan fingerprint density at radius 3 is 2.22 bits per heavy atom. The van der Waals surface area contributed by atoms with Crippen molar-refractivity contribution in [3.05, 3.63) is 36.7 Å². The van der Waals surface area contributed by atoms with E-state index in [1.165, 1.54) is 83.5 Å². The summed E-state index contributed by atoms with van der Waals surface area (Å²) < 4.78 is 11.3. The van der Waals surface area contributed by atoms with Crippen LogP contribution in [0.1, 0.15) is 116 Å². The summed E-state index contributed by atoms with van der Waals surface area (Å²) in [5.41, 5.74) is 0.884. The van der Waals surface area contributed by atoms with Gasteiger partial charge in [0.15, 0.2) is 11.6 Å². The molecule has 0 N–H and O–H groups in total. The van der Waals surface area contributed by atoms with Crippen LogP contribution in [0.3, 0.4) is 0 Å². The number of unbranched alkanes of at least 4 members (excludes halogenated alkanes) is 8. The third-order valence-electron chi connectivity index (χ3n) is 7.21. The van der Waals surface area contributed by atoms with Gasteiger partial charge in [0.2, 0.25) is 0 Å². The van der Waals surface area contributed by atoms with Gasteiger partial charge in [-0.1, -0.05) is 96.8 Å². The SMILES string of the molecule is CCCCCCCCOc1cnc(-c2ccc(OC(=O)CCCCCCC3CCCCC3)cc2)nc1. The lowest BCUT2D eigenvalue weighted by molar-refractivity contribution is -0.134. The molecule has 0 radical (unpaired) electrons. The van der Waals surface area contributed by atoms with Crippen molar-refractivity contribution in [1.29, 1.82) is 0 Å². The Balaban J connectivity index is 1.28. The molecular formula is C31H46N2O3. The van der Waals surface area contributed by atoms with Crippen molar-refractivity contribution in [2.75, 3.05) is 6.61 Å². The first kappa shape index (κ1) is 28.1. The molecule has 5 nitrogen and oxygen atoms in total. The van der Waals surface area contributed by atoms with E-state index in [1.807, 2.05) is 24.3 Å². The Kier molecular flexibility index (Phi) is 13.4. The Labute approximate surface area is 218 Å². The first-order valence-corrected chi connectivity index (χ1v) is 14.5. The lowest BCUT2D eigenvalue weighted by Crippen LogP contribution is -2.07. The van der Waals surface area contributed by atoms with E-state index in [9.17, 15) is 4.79 Å². The van der Waals surface area contributed by atoms with Crippen LogP contribution in [-0.4, -0.2) is 22.5 Å². The van der Waals surface area contributed by atoms with Crippen LogP contribution in [0.4, 0.5) is 0 Å². The van der Waals surface area contributed by atoms with E-state index >= 15 is 0 Å². The van der Waals surface area contributed by atoms with Gasteiger partial charge in [0.05, 0.1) is 19.0 Å². The number of nitrogens with zero attached hydrogens (tertiary/aromatic N) is 2. The summed E-state index contributed by atoms with van der Waals surface area (Å²) >= 11 is 0. The topological polar surface area (TPSA) is 61.3 Å². The minimum atomic E-state index is -0.154. The molecule has 0 aliphatic heterocycles. The van der Waals surface area contributed by atoms with Gasteiger partial charge in [0, 0.05) is 12.0 Å². The fourth-order valence-electron chi connectivity index (χ4n) is 5.00. The molecule has 3 rings (SSSR count). The zero-order valence-electron chi connectivity index (χ0n) is 22.4. The van der Waals surface area contributed by atoms with E-state index in [1.54, 1.807) is 12.4 Å². The predicted molar refractivity (Wildman–Crippen MR) is 146 cm³/mol. The summed E-state index contributed by atoms with van der Waals surface area (Å²) in [6, 6.07) is 7.40. The van der Waals surface area contributed by atoms with E-state index < -0.39 is 0 Å². The standard InChI is InChI=1S/C31H46N2O3/c1-2-3-4-5-8-14-23-35-29-24-32-31(33-25-29)27-19-21-28(22-20-27)36-30(34)18-13-7-6-10-15-26-16-11-9-12-17-26/h19-22,24-26H,2-18,23H2,1H3. The van der Waals surface area contributed by atoms with Gasteiger partial charge in [0.25, 0.3) is 0 Å². The van der Waals surface area contributed by atoms with Crippen LogP contribution >= 0.6 is 0 Å². The summed E-state index contributed by atoms with van der Waals surface area (Å²) in [7, 11) is 0. The molecule has 0 saturated heterocycles. The lowest BCUT2D eigenvalue weighted by atomic mass is 9.85. The van der Waals surface area contributed by atoms with Crippen molar-refractivity contribution < 1.29 is 14.3 Å². The van der Waals surface area contributed by atoms with Crippen LogP contribution < -0.4 is 9.47 Å². The van der Waals surface area contributed by atoms with Gasteiger partial charge in [-0.15, -0.1) is 0 Å². The zero-order chi connectivity index (χ0) is 25.3. The van der Waals surface area contributed by atoms with Gasteiger partial charge in [-0.25, -0.2) is 9.97 Å². The molecular weight excluding hydrogens is 448 g/mol. The highest BCUT2D eigenvalue weighted by Crippen LogP contribution is 2.28. The van der Waals surface area contributed by atoms with Crippen LogP contribution in [0.5, 0.6) is 11.5 Å². The maximum atomic E-state index is 12.2. The molecule has 1 aliphatic rings. The van der Waals surface area contributed by atoms with Crippen molar-refractivity contribution >= 4 is 5.97 Å². The molecule has 1 fully saturated rings. The van der Waals surface area contributed by atoms with Gasteiger partial charge in [-0.05, 0) is 43.0 Å². The van der Waals surface area contributed by atoms with E-state index in [2.05, 4.69) is 16.9 Å². The summed E-state index contributed by atoms with van der Waals surface area (Å²) in [4.78, 5) is 21.1. The van der Waals surface area contributed by atoms with Gasteiger partial charge in [-0.3, -0.25) is 4.79 Å². The van der Waals surface area contributed by atoms with E-state index in [0.29, 0.717) is 30.4 Å². The third kappa shape index (κ3) is 11.1. The zero-order valence-corrected chi connectivity index (χ0v) is 22.4. The highest BCUT2D eigenvalue weighted by Gasteiger charge is 2.12. The molecule has 1 aromatic carbocycles. The number of hydrogen-bond acceptors (Lipinski definition) is 5. The van der Waals surface area contributed by atoms with Crippen LogP contribution in [0.15, 0.2) is 36.7 Å². The average molecular weight is 495 g/mol. The molecule has 0 bridgehead atoms. The minimum Gasteiger partial charge on any atom is -0.490 e. The molecule has 2 aromatic rings. The lowest BCUT2D eigenvalue weighted by Gasteiger charge is -2.21. The predicted octanol–water partition coefficient (Wildman–Crippen LogP) is 8.71. The third-order valence-corrected chi connectivity index (χ3v) is 7.21. The van der Waals surface area contributed by atoms with Gasteiger partial charge in [0.1, 0.15) is 5.75 Å². The molecule has 0 amide bonds. The highest BCUT2D eigenvalue weighted by molar-refractivity contribution is 5.72. The molecule has 1 heterocycles. The maximum Gasteiger partial charge on any atom is 0.311 e. The Bertz CT molecular complexity index is 845. The normalized spacial score (nSPS) is 14.0. The smallest absolute Gasteiger partial charge is 0.311 e. The Morgan fingerprint density at radius 1 is 0.806 bits per heavy atom. The Morgan fingerprint density at radius 2 is 1.47 bits per heavy atom. The van der Waals surface area contributed by atoms with Crippen LogP contribution in [0.2, 0.25) is 0 Å². The minimum absolute atomic E-state index is 0.154. The number of rotatable bonds is 17. The first-order valence-electron chi connectivity index (χ1n) is 14.5. The number of hydrogen-bond donors (Lipinski definition) is 0. The number of carbonyl (C=O) groups excluding carboxylic acids is 1. The van der Waals surface area contributed by atoms with Crippen molar-refractivity contribution in [2.45, 2.75) is 116 Å². The molecule has 1 aromatic heterocycles. The molecule has 0 spiro atoms. The largest absolute Gasteiger partial charge is 0.490 e. The van der Waals surface area contributed by atoms with Crippen molar-refractivity contribution in [3.63, 3.8) is 0 Å². The number of ether oxygens (including phenoxy) is 2. The molecule has 36 heavy (non-hydrogen) atoms. The van der Waals surface area contributed by atoms with E-state index in [4.69, 9.17) is 9.47 Å². The van der Waals surface area contributed by atoms with Crippen LogP contribution in [0.25, 0.3) is 11.4 Å². The number of aromatic nitrogens is 2. The fraction of sp³-hybridized carbons (Fsp3) is 0.645. The summed E-state index contributed by atoms with van der Waals surface area (Å²) in [5, 5.41) is 0. The fourth-order valence-corrected chi connectivity index (χ4v) is 5.00. The molecule has 5 heteroatoms. The number of esters is 1. The molecule has 1 saturated carbocycles. The van der Waals surface area contributed by atoms with Crippen molar-refractivity contribution in [3.8, 4) is 22.9 Å². The molecule has 0 unspecified atom stereocenters. The monoisotopic (exact) mass is 494 g/mol. The van der Waals surface area contributed by atoms with Crippen LogP contribution in [-0.2, 0) is 4.79 Å². The second-order valence-corrected chi connectivity index (χ2v) is 10.3. The molecule has 1 aliphatic carbocycles. The van der Waals surface area contributed by atoms with Crippen molar-refractivity contribution in [2.24, 2.45) is 5.92 Å². The molecule has 0 atom stereocenters. The van der Waals surface area contributed by atoms with E-state index in [-0.39, 0.29) is 5.97 Å². The van der Waals surface area contributed by atoms with Gasteiger partial charge < -0.3 is 9.47 Å². The maximum absolute atomic E-state index is 12.2. The average Bonchev–Trinajstić information content (AvgIpc) is 2.91. The number of carbonyl (C=O) groups is 1. The van der Waals surface area contributed by atoms with Crippen molar-refractivity contribution in [1.82, 2.24) is 9.97 Å². The first-order chi connectivity index (χ1) is 17.7. The second-order valence-electron chi connectivity index (χ2n) is 10.3. The number of benzene rings is 1. The summed E-state index contributed by atoms with van der Waals surface area (Å²) in [6.45, 7) is 2.94. The summed E-state index contributed by atoms with van der Waals surface area (Å²) in [6.07, 6.45) is 24.4. The van der Waals surface area contributed by atoms with Crippen LogP contribution in [0, 0.1) is 5.92 Å². The summed E-state index contributed by atoms with van der Waals surface area (Å²) in [5.74, 6) is 2.70. The van der Waals surface area contributed by atoms with E-state index in [0.717, 1.165) is 30.7 Å². The Hall–Kier alpha value is -2.43.